The summed E-state index contributed by atoms with van der Waals surface area (Å²) in [5, 5.41) is 3.42. The van der Waals surface area contributed by atoms with E-state index < -0.39 is 10.0 Å². The zero-order valence-corrected chi connectivity index (χ0v) is 15.8. The van der Waals surface area contributed by atoms with Crippen LogP contribution in [0.1, 0.15) is 29.9 Å². The lowest BCUT2D eigenvalue weighted by atomic mass is 10.1. The zero-order valence-electron chi connectivity index (χ0n) is 14.3. The highest BCUT2D eigenvalue weighted by Gasteiger charge is 2.23. The Morgan fingerprint density at radius 1 is 1.24 bits per heavy atom. The molecular formula is C17H22ClN3O3S. The molecule has 2 aromatic rings. The highest BCUT2D eigenvalue weighted by Crippen LogP contribution is 2.16. The molecule has 0 atom stereocenters. The van der Waals surface area contributed by atoms with Gasteiger partial charge in [-0.25, -0.2) is 8.42 Å². The number of carbonyl (C=O) groups is 1. The third-order valence-electron chi connectivity index (χ3n) is 3.83. The Labute approximate surface area is 153 Å². The number of aromatic amines is 1. The summed E-state index contributed by atoms with van der Waals surface area (Å²) in [6.07, 6.45) is 1.98. The maximum atomic E-state index is 12.4. The summed E-state index contributed by atoms with van der Waals surface area (Å²) in [6, 6.07) is 8.79. The lowest BCUT2D eigenvalue weighted by Gasteiger charge is -2.16. The molecule has 0 saturated heterocycles. The van der Waals surface area contributed by atoms with E-state index in [4.69, 9.17) is 11.6 Å². The number of nitrogens with zero attached hydrogens (tertiary/aromatic N) is 1. The van der Waals surface area contributed by atoms with Crippen molar-refractivity contribution in [2.75, 3.05) is 19.6 Å². The van der Waals surface area contributed by atoms with Crippen LogP contribution in [-0.2, 0) is 16.4 Å². The average Bonchev–Trinajstić information content (AvgIpc) is 3.06. The van der Waals surface area contributed by atoms with Crippen molar-refractivity contribution in [3.05, 3.63) is 52.8 Å². The van der Waals surface area contributed by atoms with Crippen molar-refractivity contribution < 1.29 is 13.2 Å². The molecule has 6 nitrogen and oxygen atoms in total. The van der Waals surface area contributed by atoms with Crippen LogP contribution in [-0.4, -0.2) is 43.2 Å². The van der Waals surface area contributed by atoms with Crippen LogP contribution in [0.25, 0.3) is 0 Å². The Kier molecular flexibility index (Phi) is 6.64. The first-order chi connectivity index (χ1) is 11.9. The number of nitrogens with one attached hydrogen (secondary N) is 2. The van der Waals surface area contributed by atoms with Crippen molar-refractivity contribution in [3.8, 4) is 0 Å². The van der Waals surface area contributed by atoms with Gasteiger partial charge < -0.3 is 10.3 Å². The van der Waals surface area contributed by atoms with Gasteiger partial charge in [-0.3, -0.25) is 4.79 Å². The highest BCUT2D eigenvalue weighted by molar-refractivity contribution is 7.89. The van der Waals surface area contributed by atoms with E-state index >= 15 is 0 Å². The van der Waals surface area contributed by atoms with E-state index in [2.05, 4.69) is 10.3 Å². The number of carbonyl (C=O) groups excluding carboxylic acids is 1. The van der Waals surface area contributed by atoms with Gasteiger partial charge in [-0.15, -0.1) is 0 Å². The summed E-state index contributed by atoms with van der Waals surface area (Å²) < 4.78 is 26.2. The van der Waals surface area contributed by atoms with Gasteiger partial charge in [0.2, 0.25) is 10.0 Å². The predicted octanol–water partition coefficient (Wildman–Crippen LogP) is 2.67. The number of sulfonamides is 1. The summed E-state index contributed by atoms with van der Waals surface area (Å²) in [5.74, 6) is -0.344. The van der Waals surface area contributed by atoms with Crippen LogP contribution in [0.3, 0.4) is 0 Å². The van der Waals surface area contributed by atoms with Gasteiger partial charge in [-0.2, -0.15) is 4.31 Å². The van der Waals surface area contributed by atoms with Gasteiger partial charge in [-0.1, -0.05) is 37.6 Å². The second kappa shape index (κ2) is 8.51. The third-order valence-corrected chi connectivity index (χ3v) is 6.10. The largest absolute Gasteiger partial charge is 0.356 e. The molecule has 0 unspecified atom stereocenters. The Balaban J connectivity index is 1.98. The molecule has 0 saturated carbocycles. The van der Waals surface area contributed by atoms with E-state index in [1.165, 1.54) is 16.6 Å². The van der Waals surface area contributed by atoms with Crippen LogP contribution >= 0.6 is 11.6 Å². The van der Waals surface area contributed by atoms with Crippen molar-refractivity contribution in [2.24, 2.45) is 0 Å². The van der Waals surface area contributed by atoms with Gasteiger partial charge in [0.1, 0.15) is 10.6 Å². The molecule has 0 radical (unpaired) electrons. The first-order valence-corrected chi connectivity index (χ1v) is 9.91. The van der Waals surface area contributed by atoms with Crippen molar-refractivity contribution in [2.45, 2.75) is 25.2 Å². The lowest BCUT2D eigenvalue weighted by molar-refractivity contribution is 0.0949. The smallest absolute Gasteiger partial charge is 0.267 e. The topological polar surface area (TPSA) is 82.3 Å². The van der Waals surface area contributed by atoms with E-state index in [9.17, 15) is 13.2 Å². The van der Waals surface area contributed by atoms with E-state index in [1.807, 2.05) is 18.2 Å². The monoisotopic (exact) mass is 383 g/mol. The summed E-state index contributed by atoms with van der Waals surface area (Å²) in [4.78, 5) is 15.0. The van der Waals surface area contributed by atoms with Crippen LogP contribution in [0, 0.1) is 0 Å². The Morgan fingerprint density at radius 3 is 2.60 bits per heavy atom. The van der Waals surface area contributed by atoms with Crippen LogP contribution in [0.5, 0.6) is 0 Å². The van der Waals surface area contributed by atoms with Gasteiger partial charge in [0.25, 0.3) is 5.91 Å². The molecule has 1 amide bonds. The van der Waals surface area contributed by atoms with Gasteiger partial charge in [0.05, 0.1) is 0 Å². The molecule has 25 heavy (non-hydrogen) atoms. The SMILES string of the molecule is CCN(CC)S(=O)(=O)c1c[nH]c(C(=O)NCCc2cccc(Cl)c2)c1. The fourth-order valence-corrected chi connectivity index (χ4v) is 4.14. The minimum Gasteiger partial charge on any atom is -0.356 e. The highest BCUT2D eigenvalue weighted by atomic mass is 35.5. The molecule has 0 aliphatic carbocycles. The summed E-state index contributed by atoms with van der Waals surface area (Å²) in [7, 11) is -3.57. The Morgan fingerprint density at radius 2 is 1.96 bits per heavy atom. The number of benzene rings is 1. The maximum absolute atomic E-state index is 12.4. The molecule has 1 aromatic carbocycles. The molecule has 2 rings (SSSR count). The van der Waals surface area contributed by atoms with Gasteiger partial charge in [0, 0.05) is 30.9 Å². The number of hydrogen-bond acceptors (Lipinski definition) is 3. The van der Waals surface area contributed by atoms with Crippen molar-refractivity contribution >= 4 is 27.5 Å². The quantitative estimate of drug-likeness (QED) is 0.735. The number of rotatable bonds is 8. The van der Waals surface area contributed by atoms with Crippen LogP contribution in [0.15, 0.2) is 41.4 Å². The minimum absolute atomic E-state index is 0.0937. The molecule has 0 aliphatic heterocycles. The molecule has 0 aliphatic rings. The standard InChI is InChI=1S/C17H22ClN3O3S/c1-3-21(4-2)25(23,24)15-11-16(20-12-15)17(22)19-9-8-13-6-5-7-14(18)10-13/h5-7,10-12,20H,3-4,8-9H2,1-2H3,(H,19,22). The number of aromatic nitrogens is 1. The van der Waals surface area contributed by atoms with E-state index in [0.29, 0.717) is 31.1 Å². The Hall–Kier alpha value is -1.83. The number of halogens is 1. The zero-order chi connectivity index (χ0) is 18.4. The predicted molar refractivity (Wildman–Crippen MR) is 98.4 cm³/mol. The van der Waals surface area contributed by atoms with Crippen molar-refractivity contribution in [1.29, 1.82) is 0 Å². The molecule has 2 N–H and O–H groups in total. The van der Waals surface area contributed by atoms with Crippen LogP contribution in [0.2, 0.25) is 5.02 Å². The third kappa shape index (κ3) is 4.84. The van der Waals surface area contributed by atoms with Gasteiger partial charge >= 0.3 is 0 Å². The summed E-state index contributed by atoms with van der Waals surface area (Å²) in [5.41, 5.74) is 1.24. The van der Waals surface area contributed by atoms with Crippen molar-refractivity contribution in [3.63, 3.8) is 0 Å². The molecule has 136 valence electrons. The number of H-pyrrole nitrogens is 1. The number of amides is 1. The van der Waals surface area contributed by atoms with Crippen LogP contribution in [0.4, 0.5) is 0 Å². The second-order valence-electron chi connectivity index (χ2n) is 5.47. The first-order valence-electron chi connectivity index (χ1n) is 8.09. The lowest BCUT2D eigenvalue weighted by Crippen LogP contribution is -2.30. The molecule has 0 bridgehead atoms. The fraction of sp³-hybridized carbons (Fsp3) is 0.353. The van der Waals surface area contributed by atoms with Crippen molar-refractivity contribution in [1.82, 2.24) is 14.6 Å². The van der Waals surface area contributed by atoms with Gasteiger partial charge in [-0.05, 0) is 30.2 Å². The van der Waals surface area contributed by atoms with E-state index in [1.54, 1.807) is 19.9 Å². The summed E-state index contributed by atoms with van der Waals surface area (Å²) in [6.45, 7) is 4.74. The van der Waals surface area contributed by atoms with E-state index in [0.717, 1.165) is 5.56 Å². The first kappa shape index (κ1) is 19.5. The molecular weight excluding hydrogens is 362 g/mol. The summed E-state index contributed by atoms with van der Waals surface area (Å²) >= 11 is 5.92. The molecule has 1 heterocycles. The van der Waals surface area contributed by atoms with E-state index in [-0.39, 0.29) is 16.5 Å². The van der Waals surface area contributed by atoms with Crippen LogP contribution < -0.4 is 5.32 Å². The normalized spacial score (nSPS) is 11.7. The maximum Gasteiger partial charge on any atom is 0.267 e. The second-order valence-corrected chi connectivity index (χ2v) is 7.85. The molecule has 8 heteroatoms. The number of hydrogen-bond donors (Lipinski definition) is 2. The molecule has 0 spiro atoms. The minimum atomic E-state index is -3.57. The van der Waals surface area contributed by atoms with Gasteiger partial charge in [0.15, 0.2) is 0 Å². The molecule has 1 aromatic heterocycles. The fourth-order valence-electron chi connectivity index (χ4n) is 2.48. The Bertz CT molecular complexity index is 829. The molecule has 0 fully saturated rings. The average molecular weight is 384 g/mol.